The van der Waals surface area contributed by atoms with E-state index in [1.807, 2.05) is 53.4 Å². The molecule has 0 atom stereocenters. The number of benzene rings is 3. The molecule has 2 aliphatic rings. The Morgan fingerprint density at radius 2 is 1.38 bits per heavy atom. The highest BCUT2D eigenvalue weighted by Crippen LogP contribution is 2.29. The maximum Gasteiger partial charge on any atom is 0.251 e. The molecule has 1 saturated heterocycles. The second kappa shape index (κ2) is 12.8. The lowest BCUT2D eigenvalue weighted by atomic mass is 9.86. The number of rotatable bonds is 8. The third-order valence-corrected chi connectivity index (χ3v) is 7.58. The first-order chi connectivity index (χ1) is 19.1. The molecule has 3 aromatic carbocycles. The molecule has 8 nitrogen and oxygen atoms in total. The topological polar surface area (TPSA) is 99.8 Å². The summed E-state index contributed by atoms with van der Waals surface area (Å²) in [5.74, 6) is 0.753. The van der Waals surface area contributed by atoms with E-state index in [1.54, 1.807) is 18.2 Å². The van der Waals surface area contributed by atoms with E-state index in [4.69, 9.17) is 4.74 Å². The normalized spacial score (nSPS) is 19.3. The first-order valence-corrected chi connectivity index (χ1v) is 13.9. The van der Waals surface area contributed by atoms with Gasteiger partial charge < -0.3 is 25.6 Å². The smallest absolute Gasteiger partial charge is 0.251 e. The van der Waals surface area contributed by atoms with Crippen LogP contribution in [0.2, 0.25) is 0 Å². The van der Waals surface area contributed by atoms with Crippen LogP contribution in [0.15, 0.2) is 66.7 Å². The average molecular weight is 529 g/mol. The Labute approximate surface area is 229 Å². The highest BCUT2D eigenvalue weighted by molar-refractivity contribution is 5.98. The van der Waals surface area contributed by atoms with E-state index in [0.717, 1.165) is 68.4 Å². The van der Waals surface area contributed by atoms with Gasteiger partial charge in [0.25, 0.3) is 11.8 Å². The maximum atomic E-state index is 12.8. The molecule has 5 rings (SSSR count). The molecule has 0 bridgehead atoms. The summed E-state index contributed by atoms with van der Waals surface area (Å²) < 4.78 is 6.14. The lowest BCUT2D eigenvalue weighted by molar-refractivity contribution is -0.137. The number of amides is 3. The van der Waals surface area contributed by atoms with Crippen LogP contribution in [0, 0.1) is 5.92 Å². The summed E-state index contributed by atoms with van der Waals surface area (Å²) in [6.45, 7) is 4.01. The number of carbonyl (C=O) groups is 3. The maximum absolute atomic E-state index is 12.8. The lowest BCUT2D eigenvalue weighted by Gasteiger charge is -2.34. The number of piperazine rings is 1. The minimum atomic E-state index is -0.201. The molecule has 3 amide bonds. The Kier molecular flexibility index (Phi) is 8.73. The predicted octanol–water partition coefficient (Wildman–Crippen LogP) is 3.37. The third kappa shape index (κ3) is 6.95. The van der Waals surface area contributed by atoms with Gasteiger partial charge in [-0.3, -0.25) is 14.4 Å². The van der Waals surface area contributed by atoms with E-state index >= 15 is 0 Å². The summed E-state index contributed by atoms with van der Waals surface area (Å²) in [7, 11) is 0. The van der Waals surface area contributed by atoms with E-state index in [9.17, 15) is 14.4 Å². The zero-order valence-corrected chi connectivity index (χ0v) is 22.2. The van der Waals surface area contributed by atoms with Crippen molar-refractivity contribution in [1.82, 2.24) is 20.9 Å². The molecule has 0 unspecified atom stereocenters. The van der Waals surface area contributed by atoms with Crippen LogP contribution in [-0.4, -0.2) is 68.0 Å². The molecule has 1 aliphatic heterocycles. The first kappa shape index (κ1) is 26.7. The molecular weight excluding hydrogens is 492 g/mol. The molecule has 204 valence electrons. The second-order valence-corrected chi connectivity index (χ2v) is 10.3. The molecule has 0 spiro atoms. The Bertz CT molecular complexity index is 1300. The van der Waals surface area contributed by atoms with Gasteiger partial charge in [-0.25, -0.2) is 0 Å². The Morgan fingerprint density at radius 3 is 2.08 bits per heavy atom. The number of hydrogen-bond acceptors (Lipinski definition) is 5. The molecule has 3 N–H and O–H groups in total. The summed E-state index contributed by atoms with van der Waals surface area (Å²) in [5.41, 5.74) is 1.13. The predicted molar refractivity (Wildman–Crippen MR) is 151 cm³/mol. The van der Waals surface area contributed by atoms with Gasteiger partial charge in [-0.1, -0.05) is 30.3 Å². The van der Waals surface area contributed by atoms with E-state index in [1.165, 1.54) is 0 Å². The van der Waals surface area contributed by atoms with Crippen LogP contribution in [0.3, 0.4) is 0 Å². The molecule has 3 aromatic rings. The van der Waals surface area contributed by atoms with Crippen molar-refractivity contribution in [3.8, 4) is 5.75 Å². The van der Waals surface area contributed by atoms with Gasteiger partial charge in [0.1, 0.15) is 5.75 Å². The minimum Gasteiger partial charge on any atom is -0.490 e. The van der Waals surface area contributed by atoms with Crippen molar-refractivity contribution in [1.29, 1.82) is 0 Å². The molecule has 1 saturated carbocycles. The van der Waals surface area contributed by atoms with Gasteiger partial charge in [0, 0.05) is 56.3 Å². The fraction of sp³-hybridized carbons (Fsp3) is 0.387. The van der Waals surface area contributed by atoms with Crippen molar-refractivity contribution in [3.05, 3.63) is 77.9 Å². The molecule has 1 heterocycles. The van der Waals surface area contributed by atoms with Gasteiger partial charge in [0.15, 0.2) is 0 Å². The standard InChI is InChI=1S/C31H36N4O4/c36-29(33-15-16-34-30(37)26-6-5-22-3-1-2-4-25(22)21-26)23-7-11-27(12-8-23)39-28-13-9-24(10-14-28)31(38)35-19-17-32-18-20-35/h1-8,11-12,21,24,28,32H,9-10,13-20H2,(H,33,36)(H,34,37). The van der Waals surface area contributed by atoms with Crippen LogP contribution in [-0.2, 0) is 4.79 Å². The quantitative estimate of drug-likeness (QED) is 0.390. The van der Waals surface area contributed by atoms with Crippen LogP contribution >= 0.6 is 0 Å². The summed E-state index contributed by atoms with van der Waals surface area (Å²) in [5, 5.41) is 11.1. The van der Waals surface area contributed by atoms with Crippen LogP contribution in [0.5, 0.6) is 5.75 Å². The Balaban J connectivity index is 1.02. The van der Waals surface area contributed by atoms with Crippen molar-refractivity contribution in [2.45, 2.75) is 31.8 Å². The highest BCUT2D eigenvalue weighted by atomic mass is 16.5. The zero-order chi connectivity index (χ0) is 27.0. The molecule has 8 heteroatoms. The van der Waals surface area contributed by atoms with Gasteiger partial charge in [-0.15, -0.1) is 0 Å². The molecule has 1 aliphatic carbocycles. The van der Waals surface area contributed by atoms with Crippen molar-refractivity contribution in [2.75, 3.05) is 39.3 Å². The third-order valence-electron chi connectivity index (χ3n) is 7.58. The second-order valence-electron chi connectivity index (χ2n) is 10.3. The van der Waals surface area contributed by atoms with Crippen LogP contribution in [0.25, 0.3) is 10.8 Å². The monoisotopic (exact) mass is 528 g/mol. The number of ether oxygens (including phenoxy) is 1. The van der Waals surface area contributed by atoms with Gasteiger partial charge in [-0.05, 0) is 72.9 Å². The van der Waals surface area contributed by atoms with Crippen molar-refractivity contribution < 1.29 is 19.1 Å². The number of carbonyl (C=O) groups excluding carboxylic acids is 3. The van der Waals surface area contributed by atoms with Crippen molar-refractivity contribution >= 4 is 28.5 Å². The Hall–Kier alpha value is -3.91. The fourth-order valence-electron chi connectivity index (χ4n) is 5.34. The largest absolute Gasteiger partial charge is 0.490 e. The van der Waals surface area contributed by atoms with Crippen molar-refractivity contribution in [2.24, 2.45) is 5.92 Å². The fourth-order valence-corrected chi connectivity index (χ4v) is 5.34. The number of nitrogens with zero attached hydrogens (tertiary/aromatic N) is 1. The summed E-state index contributed by atoms with van der Waals surface area (Å²) in [6.07, 6.45) is 3.50. The average Bonchev–Trinajstić information content (AvgIpc) is 2.99. The van der Waals surface area contributed by atoms with E-state index in [2.05, 4.69) is 16.0 Å². The van der Waals surface area contributed by atoms with Crippen LogP contribution < -0.4 is 20.7 Å². The van der Waals surface area contributed by atoms with Gasteiger partial charge in [0.2, 0.25) is 5.91 Å². The van der Waals surface area contributed by atoms with Crippen molar-refractivity contribution in [3.63, 3.8) is 0 Å². The molecule has 0 aromatic heterocycles. The van der Waals surface area contributed by atoms with Crippen LogP contribution in [0.1, 0.15) is 46.4 Å². The number of fused-ring (bicyclic) bond motifs is 1. The van der Waals surface area contributed by atoms with Gasteiger partial charge >= 0.3 is 0 Å². The van der Waals surface area contributed by atoms with Gasteiger partial charge in [-0.2, -0.15) is 0 Å². The minimum absolute atomic E-state index is 0.0861. The number of hydrogen-bond donors (Lipinski definition) is 3. The van der Waals surface area contributed by atoms with E-state index in [-0.39, 0.29) is 23.8 Å². The lowest BCUT2D eigenvalue weighted by Crippen LogP contribution is -2.49. The van der Waals surface area contributed by atoms with Crippen LogP contribution in [0.4, 0.5) is 0 Å². The molecule has 0 radical (unpaired) electrons. The highest BCUT2D eigenvalue weighted by Gasteiger charge is 2.30. The van der Waals surface area contributed by atoms with E-state index < -0.39 is 0 Å². The molecule has 2 fully saturated rings. The summed E-state index contributed by atoms with van der Waals surface area (Å²) in [4.78, 5) is 39.7. The molecular formula is C31H36N4O4. The first-order valence-electron chi connectivity index (χ1n) is 13.9. The Morgan fingerprint density at radius 1 is 0.769 bits per heavy atom. The molecule has 39 heavy (non-hydrogen) atoms. The zero-order valence-electron chi connectivity index (χ0n) is 22.2. The summed E-state index contributed by atoms with van der Waals surface area (Å²) >= 11 is 0. The SMILES string of the molecule is O=C(NCCNC(=O)c1ccc2ccccc2c1)c1ccc(OC2CCC(C(=O)N3CCNCC3)CC2)cc1. The van der Waals surface area contributed by atoms with Gasteiger partial charge in [0.05, 0.1) is 6.10 Å². The summed E-state index contributed by atoms with van der Waals surface area (Å²) in [6, 6.07) is 20.6. The van der Waals surface area contributed by atoms with E-state index in [0.29, 0.717) is 30.1 Å². The number of nitrogens with one attached hydrogen (secondary N) is 3.